The Balaban J connectivity index is 1.62. The predicted molar refractivity (Wildman–Crippen MR) is 120 cm³/mol. The van der Waals surface area contributed by atoms with E-state index < -0.39 is 0 Å². The fourth-order valence-corrected chi connectivity index (χ4v) is 4.30. The first kappa shape index (κ1) is 19.5. The van der Waals surface area contributed by atoms with Crippen molar-refractivity contribution in [2.24, 2.45) is 0 Å². The minimum absolute atomic E-state index is 0.0409. The SMILES string of the molecule is CN(Cc1ccccc1)C(=O)Cn1cnc2scc(-c3ccc(Br)cc3)c2c1=O. The van der Waals surface area contributed by atoms with Crippen LogP contribution in [-0.4, -0.2) is 27.4 Å². The molecule has 2 heterocycles. The number of thiophene rings is 1. The van der Waals surface area contributed by atoms with Crippen molar-refractivity contribution in [3.8, 4) is 11.1 Å². The molecule has 0 aliphatic carbocycles. The van der Waals surface area contributed by atoms with E-state index in [2.05, 4.69) is 20.9 Å². The van der Waals surface area contributed by atoms with Crippen LogP contribution in [0.4, 0.5) is 0 Å². The Hall–Kier alpha value is -2.77. The van der Waals surface area contributed by atoms with Gasteiger partial charge in [-0.15, -0.1) is 11.3 Å². The molecule has 0 unspecified atom stereocenters. The molecule has 0 aliphatic rings. The van der Waals surface area contributed by atoms with E-state index in [4.69, 9.17) is 0 Å². The summed E-state index contributed by atoms with van der Waals surface area (Å²) in [6.45, 7) is 0.452. The zero-order chi connectivity index (χ0) is 20.4. The van der Waals surface area contributed by atoms with Crippen molar-refractivity contribution in [1.29, 1.82) is 0 Å². The minimum Gasteiger partial charge on any atom is -0.340 e. The molecule has 29 heavy (non-hydrogen) atoms. The second kappa shape index (κ2) is 8.31. The summed E-state index contributed by atoms with van der Waals surface area (Å²) < 4.78 is 2.37. The lowest BCUT2D eigenvalue weighted by Gasteiger charge is -2.18. The summed E-state index contributed by atoms with van der Waals surface area (Å²) in [5.41, 5.74) is 2.63. The molecule has 0 radical (unpaired) electrons. The maximum Gasteiger partial charge on any atom is 0.263 e. The van der Waals surface area contributed by atoms with Crippen LogP contribution in [0.3, 0.4) is 0 Å². The molecule has 0 spiro atoms. The number of fused-ring (bicyclic) bond motifs is 1. The lowest BCUT2D eigenvalue weighted by Crippen LogP contribution is -2.33. The largest absolute Gasteiger partial charge is 0.340 e. The summed E-state index contributed by atoms with van der Waals surface area (Å²) in [7, 11) is 1.74. The molecule has 7 heteroatoms. The molecule has 0 fully saturated rings. The highest BCUT2D eigenvalue weighted by Crippen LogP contribution is 2.31. The monoisotopic (exact) mass is 467 g/mol. The third-order valence-corrected chi connectivity index (χ3v) is 6.12. The van der Waals surface area contributed by atoms with Crippen LogP contribution in [-0.2, 0) is 17.9 Å². The van der Waals surface area contributed by atoms with Gasteiger partial charge in [-0.3, -0.25) is 14.2 Å². The van der Waals surface area contributed by atoms with Crippen LogP contribution in [0.25, 0.3) is 21.3 Å². The minimum atomic E-state index is -0.198. The summed E-state index contributed by atoms with van der Waals surface area (Å²) in [6, 6.07) is 17.6. The highest BCUT2D eigenvalue weighted by molar-refractivity contribution is 9.10. The fourth-order valence-electron chi connectivity index (χ4n) is 3.13. The van der Waals surface area contributed by atoms with Crippen molar-refractivity contribution >= 4 is 43.4 Å². The molecule has 0 saturated carbocycles. The number of halogens is 1. The van der Waals surface area contributed by atoms with Gasteiger partial charge in [0.25, 0.3) is 5.56 Å². The average Bonchev–Trinajstić information content (AvgIpc) is 3.16. The van der Waals surface area contributed by atoms with Crippen molar-refractivity contribution in [1.82, 2.24) is 14.5 Å². The fraction of sp³-hybridized carbons (Fsp3) is 0.136. The van der Waals surface area contributed by atoms with Crippen molar-refractivity contribution in [2.45, 2.75) is 13.1 Å². The normalized spacial score (nSPS) is 11.0. The van der Waals surface area contributed by atoms with Gasteiger partial charge in [0.15, 0.2) is 0 Å². The number of rotatable bonds is 5. The predicted octanol–water partition coefficient (Wildman–Crippen LogP) is 4.55. The van der Waals surface area contributed by atoms with Crippen LogP contribution >= 0.6 is 27.3 Å². The summed E-state index contributed by atoms with van der Waals surface area (Å²) in [5, 5.41) is 2.49. The second-order valence-corrected chi connectivity index (χ2v) is 8.52. The molecule has 2 aromatic heterocycles. The Morgan fingerprint density at radius 3 is 2.59 bits per heavy atom. The van der Waals surface area contributed by atoms with Crippen LogP contribution in [0, 0.1) is 0 Å². The highest BCUT2D eigenvalue weighted by Gasteiger charge is 2.16. The van der Waals surface area contributed by atoms with Crippen LogP contribution in [0.1, 0.15) is 5.56 Å². The summed E-state index contributed by atoms with van der Waals surface area (Å²) in [5.74, 6) is -0.141. The Morgan fingerprint density at radius 2 is 1.86 bits per heavy atom. The molecule has 146 valence electrons. The number of hydrogen-bond donors (Lipinski definition) is 0. The van der Waals surface area contributed by atoms with E-state index in [9.17, 15) is 9.59 Å². The number of likely N-dealkylation sites (N-methyl/N-ethyl adjacent to an activating group) is 1. The van der Waals surface area contributed by atoms with Gasteiger partial charge in [0.2, 0.25) is 5.91 Å². The van der Waals surface area contributed by atoms with Crippen LogP contribution in [0.15, 0.2) is 75.6 Å². The Bertz CT molecular complexity index is 1220. The number of amides is 1. The molecule has 4 aromatic rings. The zero-order valence-corrected chi connectivity index (χ0v) is 18.1. The molecule has 2 aromatic carbocycles. The van der Waals surface area contributed by atoms with Crippen LogP contribution in [0.5, 0.6) is 0 Å². The van der Waals surface area contributed by atoms with Crippen LogP contribution < -0.4 is 5.56 Å². The Kier molecular flexibility index (Phi) is 5.60. The quantitative estimate of drug-likeness (QED) is 0.432. The molecule has 0 saturated heterocycles. The van der Waals surface area contributed by atoms with E-state index in [0.717, 1.165) is 21.2 Å². The van der Waals surface area contributed by atoms with Gasteiger partial charge < -0.3 is 4.90 Å². The van der Waals surface area contributed by atoms with E-state index in [0.29, 0.717) is 16.8 Å². The first-order valence-electron chi connectivity index (χ1n) is 9.03. The number of carbonyl (C=O) groups excluding carboxylic acids is 1. The summed E-state index contributed by atoms with van der Waals surface area (Å²) in [6.07, 6.45) is 1.46. The molecule has 0 N–H and O–H groups in total. The highest BCUT2D eigenvalue weighted by atomic mass is 79.9. The molecule has 0 aliphatic heterocycles. The first-order chi connectivity index (χ1) is 14.0. The van der Waals surface area contributed by atoms with Gasteiger partial charge in [-0.05, 0) is 23.3 Å². The van der Waals surface area contributed by atoms with E-state index in [1.807, 2.05) is 60.0 Å². The zero-order valence-electron chi connectivity index (χ0n) is 15.7. The number of hydrogen-bond acceptors (Lipinski definition) is 4. The van der Waals surface area contributed by atoms with Crippen molar-refractivity contribution in [2.75, 3.05) is 7.05 Å². The van der Waals surface area contributed by atoms with Crippen molar-refractivity contribution in [3.05, 3.63) is 86.7 Å². The van der Waals surface area contributed by atoms with E-state index in [-0.39, 0.29) is 18.0 Å². The maximum atomic E-state index is 13.1. The smallest absolute Gasteiger partial charge is 0.263 e. The van der Waals surface area contributed by atoms with E-state index >= 15 is 0 Å². The van der Waals surface area contributed by atoms with Crippen molar-refractivity contribution < 1.29 is 4.79 Å². The first-order valence-corrected chi connectivity index (χ1v) is 10.7. The maximum absolute atomic E-state index is 13.1. The number of benzene rings is 2. The molecule has 1 amide bonds. The van der Waals surface area contributed by atoms with Gasteiger partial charge in [0, 0.05) is 29.0 Å². The Labute approximate surface area is 180 Å². The van der Waals surface area contributed by atoms with Gasteiger partial charge in [0.1, 0.15) is 11.4 Å². The second-order valence-electron chi connectivity index (χ2n) is 6.75. The number of carbonyl (C=O) groups is 1. The molecule has 0 bridgehead atoms. The van der Waals surface area contributed by atoms with Gasteiger partial charge in [-0.25, -0.2) is 4.98 Å². The molecule has 0 atom stereocenters. The average molecular weight is 468 g/mol. The molecular weight excluding hydrogens is 450 g/mol. The molecular formula is C22H18BrN3O2S. The molecule has 4 rings (SSSR count). The Morgan fingerprint density at radius 1 is 1.14 bits per heavy atom. The molecule has 5 nitrogen and oxygen atoms in total. The van der Waals surface area contributed by atoms with Crippen molar-refractivity contribution in [3.63, 3.8) is 0 Å². The van der Waals surface area contributed by atoms with Gasteiger partial charge >= 0.3 is 0 Å². The number of nitrogens with zero attached hydrogens (tertiary/aromatic N) is 3. The standard InChI is InChI=1S/C22H18BrN3O2S/c1-25(11-15-5-3-2-4-6-15)19(27)12-26-14-24-21-20(22(26)28)18(13-29-21)16-7-9-17(23)10-8-16/h2-10,13-14H,11-12H2,1H3. The third-order valence-electron chi connectivity index (χ3n) is 4.71. The van der Waals surface area contributed by atoms with Gasteiger partial charge in [-0.1, -0.05) is 58.4 Å². The summed E-state index contributed by atoms with van der Waals surface area (Å²) >= 11 is 4.86. The van der Waals surface area contributed by atoms with E-state index in [1.54, 1.807) is 11.9 Å². The third kappa shape index (κ3) is 4.16. The lowest BCUT2D eigenvalue weighted by molar-refractivity contribution is -0.131. The topological polar surface area (TPSA) is 55.2 Å². The van der Waals surface area contributed by atoms with Gasteiger partial charge in [0.05, 0.1) is 11.7 Å². The lowest BCUT2D eigenvalue weighted by atomic mass is 10.1. The number of aromatic nitrogens is 2. The summed E-state index contributed by atoms with van der Waals surface area (Å²) in [4.78, 5) is 32.5. The van der Waals surface area contributed by atoms with Crippen LogP contribution in [0.2, 0.25) is 0 Å². The van der Waals surface area contributed by atoms with Gasteiger partial charge in [-0.2, -0.15) is 0 Å². The van der Waals surface area contributed by atoms with E-state index in [1.165, 1.54) is 22.2 Å².